The van der Waals surface area contributed by atoms with Gasteiger partial charge in [-0.2, -0.15) is 0 Å². The van der Waals surface area contributed by atoms with Gasteiger partial charge in [0.05, 0.1) is 7.11 Å². The molecule has 3 N–H and O–H groups in total. The van der Waals surface area contributed by atoms with Gasteiger partial charge < -0.3 is 20.4 Å². The number of thioether (sulfide) groups is 1. The molecule has 1 radical (unpaired) electrons. The summed E-state index contributed by atoms with van der Waals surface area (Å²) in [6, 6.07) is 22.0. The highest BCUT2D eigenvalue weighted by atomic mass is 32.2. The second kappa shape index (κ2) is 15.7. The highest BCUT2D eigenvalue weighted by molar-refractivity contribution is 7.99. The van der Waals surface area contributed by atoms with Gasteiger partial charge in [-0.15, -0.1) is 24.6 Å². The number of aryl methyl sites for hydroxylation is 1. The zero-order valence-corrected chi connectivity index (χ0v) is 20.1. The van der Waals surface area contributed by atoms with E-state index in [0.717, 1.165) is 22.6 Å². The molecular formula is C26H32BN2O2S. The molecule has 3 rings (SSSR count). The Balaban J connectivity index is 0.00000121. The molecule has 6 heteroatoms. The summed E-state index contributed by atoms with van der Waals surface area (Å²) in [5, 5.41) is 16.8. The van der Waals surface area contributed by atoms with E-state index in [-0.39, 0.29) is 5.75 Å². The van der Waals surface area contributed by atoms with Crippen LogP contribution >= 0.6 is 11.8 Å². The van der Waals surface area contributed by atoms with E-state index >= 15 is 0 Å². The molecule has 0 aliphatic heterocycles. The third-order valence-corrected chi connectivity index (χ3v) is 5.45. The lowest BCUT2D eigenvalue weighted by Gasteiger charge is -2.11. The van der Waals surface area contributed by atoms with Crippen LogP contribution in [0.15, 0.2) is 71.6 Å². The van der Waals surface area contributed by atoms with Gasteiger partial charge in [-0.05, 0) is 36.8 Å². The van der Waals surface area contributed by atoms with Gasteiger partial charge in [-0.3, -0.25) is 0 Å². The molecule has 0 saturated carbocycles. The Kier molecular flexibility index (Phi) is 13.3. The van der Waals surface area contributed by atoms with Crippen LogP contribution in [0.25, 0.3) is 0 Å². The van der Waals surface area contributed by atoms with Crippen molar-refractivity contribution in [1.82, 2.24) is 5.23 Å². The van der Waals surface area contributed by atoms with Gasteiger partial charge in [0.15, 0.2) is 11.5 Å². The van der Waals surface area contributed by atoms with Crippen molar-refractivity contribution in [3.63, 3.8) is 0 Å². The molecule has 0 unspecified atom stereocenters. The summed E-state index contributed by atoms with van der Waals surface area (Å²) in [5.41, 5.74) is 4.20. The van der Waals surface area contributed by atoms with Crippen molar-refractivity contribution in [1.29, 1.82) is 0 Å². The molecule has 32 heavy (non-hydrogen) atoms. The van der Waals surface area contributed by atoms with Crippen molar-refractivity contribution in [3.05, 3.63) is 77.9 Å². The van der Waals surface area contributed by atoms with Crippen molar-refractivity contribution in [2.75, 3.05) is 18.3 Å². The van der Waals surface area contributed by atoms with Gasteiger partial charge >= 0.3 is 0 Å². The number of nitrogens with one attached hydrogen (secondary N) is 2. The highest BCUT2D eigenvalue weighted by Crippen LogP contribution is 2.29. The number of rotatable bonds is 9. The lowest BCUT2D eigenvalue weighted by molar-refractivity contribution is 0.371. The number of terminal acetylenes is 1. The van der Waals surface area contributed by atoms with Crippen molar-refractivity contribution >= 4 is 30.3 Å². The first kappa shape index (κ1) is 27.0. The minimum atomic E-state index is 0.179. The van der Waals surface area contributed by atoms with Crippen molar-refractivity contribution in [2.45, 2.75) is 32.2 Å². The molecule has 167 valence electrons. The van der Waals surface area contributed by atoms with Crippen LogP contribution in [-0.4, -0.2) is 25.5 Å². The van der Waals surface area contributed by atoms with Crippen LogP contribution in [-0.2, 0) is 6.54 Å². The third kappa shape index (κ3) is 8.62. The summed E-state index contributed by atoms with van der Waals surface area (Å²) in [6.07, 6.45) is 8.00. The number of methoxy groups -OCH3 is 1. The number of aromatic hydroxyl groups is 1. The first-order chi connectivity index (χ1) is 15.7. The first-order valence-electron chi connectivity index (χ1n) is 10.4. The normalized spacial score (nSPS) is 9.44. The third-order valence-electron chi connectivity index (χ3n) is 4.37. The monoisotopic (exact) mass is 447 g/mol. The smallest absolute Gasteiger partial charge is 0.245 e. The summed E-state index contributed by atoms with van der Waals surface area (Å²) in [7, 11) is 3.57. The van der Waals surface area contributed by atoms with E-state index in [1.165, 1.54) is 10.5 Å². The average Bonchev–Trinajstić information content (AvgIpc) is 2.85. The Morgan fingerprint density at radius 3 is 2.31 bits per heavy atom. The maximum atomic E-state index is 10.2. The molecule has 3 aromatic carbocycles. The maximum Gasteiger partial charge on any atom is 0.245 e. The van der Waals surface area contributed by atoms with Crippen LogP contribution in [0.3, 0.4) is 0 Å². The predicted octanol–water partition coefficient (Wildman–Crippen LogP) is 5.18. The van der Waals surface area contributed by atoms with Gasteiger partial charge in [-0.25, -0.2) is 0 Å². The van der Waals surface area contributed by atoms with E-state index in [1.807, 2.05) is 45.5 Å². The van der Waals surface area contributed by atoms with E-state index in [2.05, 4.69) is 66.7 Å². The van der Waals surface area contributed by atoms with E-state index in [4.69, 9.17) is 4.74 Å². The molecule has 0 heterocycles. The van der Waals surface area contributed by atoms with Crippen LogP contribution in [0, 0.1) is 19.8 Å². The molecule has 3 aromatic rings. The minimum Gasteiger partial charge on any atom is -0.504 e. The minimum absolute atomic E-state index is 0.179. The molecule has 0 fully saturated rings. The molecule has 0 saturated heterocycles. The van der Waals surface area contributed by atoms with Crippen molar-refractivity contribution in [2.24, 2.45) is 0 Å². The van der Waals surface area contributed by atoms with Crippen LogP contribution in [0.5, 0.6) is 11.5 Å². The van der Waals surface area contributed by atoms with E-state index in [0.29, 0.717) is 12.3 Å². The maximum absolute atomic E-state index is 10.2. The summed E-state index contributed by atoms with van der Waals surface area (Å²) in [4.78, 5) is 1.30. The van der Waals surface area contributed by atoms with Gasteiger partial charge in [0.2, 0.25) is 7.41 Å². The first-order valence-corrected chi connectivity index (χ1v) is 11.4. The summed E-state index contributed by atoms with van der Waals surface area (Å²) < 4.78 is 5.14. The van der Waals surface area contributed by atoms with Crippen LogP contribution in [0.2, 0.25) is 0 Å². The molecule has 0 aliphatic carbocycles. The number of hydrogen-bond acceptors (Lipinski definition) is 5. The van der Waals surface area contributed by atoms with E-state index in [1.54, 1.807) is 24.9 Å². The van der Waals surface area contributed by atoms with E-state index < -0.39 is 0 Å². The number of ether oxygens (including phenoxy) is 1. The van der Waals surface area contributed by atoms with Crippen molar-refractivity contribution < 1.29 is 9.84 Å². The molecule has 0 atom stereocenters. The highest BCUT2D eigenvalue weighted by Gasteiger charge is 2.07. The van der Waals surface area contributed by atoms with E-state index in [9.17, 15) is 5.11 Å². The Morgan fingerprint density at radius 1 is 0.969 bits per heavy atom. The largest absolute Gasteiger partial charge is 0.504 e. The predicted molar refractivity (Wildman–Crippen MR) is 140 cm³/mol. The Morgan fingerprint density at radius 2 is 1.66 bits per heavy atom. The van der Waals surface area contributed by atoms with Gasteiger partial charge in [0.25, 0.3) is 0 Å². The SMILES string of the molecule is C#C.CC.COc1cccc(CNc2ccc([B]NCSc3ccccc3C)cc2)c1O. The fraction of sp³-hybridized carbons (Fsp3) is 0.231. The second-order valence-electron chi connectivity index (χ2n) is 6.35. The summed E-state index contributed by atoms with van der Waals surface area (Å²) >= 11 is 1.79. The summed E-state index contributed by atoms with van der Waals surface area (Å²) in [6.45, 7) is 6.65. The van der Waals surface area contributed by atoms with Gasteiger partial charge in [0, 0.05) is 28.6 Å². The number of anilines is 1. The molecule has 0 amide bonds. The molecule has 0 bridgehead atoms. The molecule has 4 nitrogen and oxygen atoms in total. The van der Waals surface area contributed by atoms with Gasteiger partial charge in [0.1, 0.15) is 0 Å². The fourth-order valence-electron chi connectivity index (χ4n) is 2.77. The second-order valence-corrected chi connectivity index (χ2v) is 7.36. The van der Waals surface area contributed by atoms with Crippen molar-refractivity contribution in [3.8, 4) is 24.3 Å². The zero-order chi connectivity index (χ0) is 23.8. The Bertz CT molecular complexity index is 946. The quantitative estimate of drug-likeness (QED) is 0.139. The van der Waals surface area contributed by atoms with Crippen LogP contribution < -0.4 is 20.7 Å². The Labute approximate surface area is 198 Å². The topological polar surface area (TPSA) is 53.5 Å². The lowest BCUT2D eigenvalue weighted by Crippen LogP contribution is -2.29. The number of benzene rings is 3. The molecule has 0 spiro atoms. The molecule has 0 aliphatic rings. The lowest BCUT2D eigenvalue weighted by atomic mass is 9.83. The average molecular weight is 447 g/mol. The van der Waals surface area contributed by atoms with Gasteiger partial charge in [-0.1, -0.05) is 61.8 Å². The number of phenols is 1. The Hall–Kier alpha value is -3.01. The standard InChI is InChI=1S/C22H24BN2O2S.C2H6.C2H2/c1-16-6-3-4-9-21(16)28-15-25-23-18-10-12-19(13-11-18)24-14-17-7-5-8-20(27-2)22(17)26;2*1-2/h3-13,24-26H,14-15H2,1-2H3;1-2H3;1-2H. The number of hydrogen-bond donors (Lipinski definition) is 3. The number of para-hydroxylation sites is 1. The molecular weight excluding hydrogens is 415 g/mol. The van der Waals surface area contributed by atoms with Crippen LogP contribution in [0.1, 0.15) is 25.0 Å². The van der Waals surface area contributed by atoms with Crippen LogP contribution in [0.4, 0.5) is 5.69 Å². The zero-order valence-electron chi connectivity index (χ0n) is 19.3. The summed E-state index contributed by atoms with van der Waals surface area (Å²) in [5.74, 6) is 1.48. The fourth-order valence-corrected chi connectivity index (χ4v) is 3.56. The number of phenolic OH excluding ortho intramolecular Hbond substituents is 1. The molecule has 0 aromatic heterocycles.